The summed E-state index contributed by atoms with van der Waals surface area (Å²) in [4.78, 5) is 0. The zero-order chi connectivity index (χ0) is 16.2. The molecule has 0 N–H and O–H groups in total. The maximum absolute atomic E-state index is 10.8. The maximum atomic E-state index is 10.8. The molecular weight excluding hydrogens is 306 g/mol. The van der Waals surface area contributed by atoms with Crippen LogP contribution in [0.25, 0.3) is 17.2 Å². The van der Waals surface area contributed by atoms with E-state index in [9.17, 15) is 13.0 Å². The van der Waals surface area contributed by atoms with E-state index in [1.807, 2.05) is 42.7 Å². The largest absolute Gasteiger partial charge is 0.748 e. The molecule has 2 rings (SSSR count). The average Bonchev–Trinajstić information content (AvgIpc) is 2.76. The van der Waals surface area contributed by atoms with Crippen molar-refractivity contribution in [3.63, 3.8) is 0 Å². The lowest BCUT2D eigenvalue weighted by atomic mass is 10.3. The van der Waals surface area contributed by atoms with Crippen LogP contribution in [0.1, 0.15) is 26.2 Å². The summed E-state index contributed by atoms with van der Waals surface area (Å²) in [5.41, 5.74) is 1.55. The van der Waals surface area contributed by atoms with Crippen molar-refractivity contribution in [1.82, 2.24) is 0 Å². The maximum Gasteiger partial charge on any atom is 0.377 e. The molecule has 0 saturated carbocycles. The van der Waals surface area contributed by atoms with Crippen molar-refractivity contribution in [3.8, 4) is 0 Å². The number of para-hydroxylation sites is 2. The van der Waals surface area contributed by atoms with Gasteiger partial charge < -0.3 is 13.7 Å². The second-order valence-electron chi connectivity index (χ2n) is 4.86. The Kier molecular flexibility index (Phi) is 5.20. The Hall–Kier alpha value is -1.86. The molecule has 0 fully saturated rings. The van der Waals surface area contributed by atoms with Crippen molar-refractivity contribution in [1.29, 1.82) is 0 Å². The second kappa shape index (κ2) is 6.93. The molecule has 120 valence electrons. The van der Waals surface area contributed by atoms with Gasteiger partial charge in [0.2, 0.25) is 5.58 Å². The van der Waals surface area contributed by atoms with Gasteiger partial charge in [0, 0.05) is 18.2 Å². The highest BCUT2D eigenvalue weighted by Gasteiger charge is 2.20. The van der Waals surface area contributed by atoms with E-state index in [4.69, 9.17) is 9.15 Å². The van der Waals surface area contributed by atoms with Gasteiger partial charge in [0.05, 0.1) is 22.8 Å². The Morgan fingerprint density at radius 3 is 2.82 bits per heavy atom. The van der Waals surface area contributed by atoms with Gasteiger partial charge in [-0.05, 0) is 19.9 Å². The Bertz CT molecular complexity index is 776. The van der Waals surface area contributed by atoms with Gasteiger partial charge in [0.15, 0.2) is 6.54 Å². The molecule has 0 saturated heterocycles. The monoisotopic (exact) mass is 325 g/mol. The Morgan fingerprint density at radius 1 is 1.41 bits per heavy atom. The fourth-order valence-corrected chi connectivity index (χ4v) is 2.72. The van der Waals surface area contributed by atoms with Crippen LogP contribution in [0.4, 0.5) is 0 Å². The SMILES string of the molecule is CCOC(C)=Cc1oc2ccccc2[n+]1CCCS(=O)(=O)[O-]. The van der Waals surface area contributed by atoms with Gasteiger partial charge in [-0.15, -0.1) is 0 Å². The fraction of sp³-hybridized carbons (Fsp3) is 0.400. The predicted molar refractivity (Wildman–Crippen MR) is 80.9 cm³/mol. The number of nitrogens with zero attached hydrogens (tertiary/aromatic N) is 1. The van der Waals surface area contributed by atoms with E-state index in [1.165, 1.54) is 0 Å². The summed E-state index contributed by atoms with van der Waals surface area (Å²) >= 11 is 0. The summed E-state index contributed by atoms with van der Waals surface area (Å²) in [5.74, 6) is 0.870. The van der Waals surface area contributed by atoms with Crippen molar-refractivity contribution in [2.24, 2.45) is 0 Å². The summed E-state index contributed by atoms with van der Waals surface area (Å²) in [7, 11) is -4.21. The molecule has 0 aliphatic rings. The number of hydrogen-bond donors (Lipinski definition) is 0. The standard InChI is InChI=1S/C15H19NO5S/c1-3-20-12(2)11-15-16(9-6-10-22(17,18)19)13-7-4-5-8-14(13)21-15/h4-5,7-8,11H,3,6,9-10H2,1-2H3. The third-order valence-corrected chi connectivity index (χ3v) is 3.90. The summed E-state index contributed by atoms with van der Waals surface area (Å²) < 4.78 is 45.3. The number of fused-ring (bicyclic) bond motifs is 1. The summed E-state index contributed by atoms with van der Waals surface area (Å²) in [6.45, 7) is 4.65. The molecule has 7 heteroatoms. The molecule has 0 amide bonds. The minimum atomic E-state index is -4.21. The molecule has 22 heavy (non-hydrogen) atoms. The van der Waals surface area contributed by atoms with Gasteiger partial charge in [0.1, 0.15) is 5.76 Å². The van der Waals surface area contributed by atoms with Crippen LogP contribution >= 0.6 is 0 Å². The topological polar surface area (TPSA) is 83.5 Å². The molecule has 0 bridgehead atoms. The second-order valence-corrected chi connectivity index (χ2v) is 6.39. The Balaban J connectivity index is 2.34. The van der Waals surface area contributed by atoms with E-state index < -0.39 is 15.9 Å². The molecule has 0 radical (unpaired) electrons. The molecule has 2 aromatic rings. The predicted octanol–water partition coefficient (Wildman–Crippen LogP) is 2.05. The van der Waals surface area contributed by atoms with Crippen LogP contribution < -0.4 is 4.57 Å². The fourth-order valence-electron chi connectivity index (χ4n) is 2.23. The average molecular weight is 325 g/mol. The van der Waals surface area contributed by atoms with Crippen LogP contribution in [-0.4, -0.2) is 25.3 Å². The van der Waals surface area contributed by atoms with Gasteiger partial charge in [-0.3, -0.25) is 0 Å². The highest BCUT2D eigenvalue weighted by Crippen LogP contribution is 2.16. The first-order valence-electron chi connectivity index (χ1n) is 7.06. The van der Waals surface area contributed by atoms with Crippen LogP contribution in [-0.2, 0) is 21.4 Å². The lowest BCUT2D eigenvalue weighted by molar-refractivity contribution is -0.677. The third kappa shape index (κ3) is 4.32. The van der Waals surface area contributed by atoms with E-state index in [1.54, 1.807) is 6.08 Å². The molecule has 0 atom stereocenters. The summed E-state index contributed by atoms with van der Waals surface area (Å²) in [6.07, 6.45) is 1.99. The minimum Gasteiger partial charge on any atom is -0.748 e. The quantitative estimate of drug-likeness (QED) is 0.442. The molecular formula is C15H19NO5S. The first-order chi connectivity index (χ1) is 10.4. The Labute approximate surface area is 129 Å². The first kappa shape index (κ1) is 16.5. The molecule has 0 unspecified atom stereocenters. The zero-order valence-corrected chi connectivity index (χ0v) is 13.4. The van der Waals surface area contributed by atoms with E-state index in [0.717, 1.165) is 5.52 Å². The number of allylic oxidation sites excluding steroid dienone is 1. The molecule has 6 nitrogen and oxygen atoms in total. The molecule has 1 aromatic heterocycles. The highest BCUT2D eigenvalue weighted by molar-refractivity contribution is 7.85. The number of hydrogen-bond acceptors (Lipinski definition) is 5. The van der Waals surface area contributed by atoms with Gasteiger partial charge in [-0.25, -0.2) is 8.42 Å². The number of aryl methyl sites for hydroxylation is 1. The van der Waals surface area contributed by atoms with E-state index in [2.05, 4.69) is 0 Å². The van der Waals surface area contributed by atoms with Crippen LogP contribution in [0, 0.1) is 0 Å². The van der Waals surface area contributed by atoms with Crippen molar-refractivity contribution >= 4 is 27.3 Å². The van der Waals surface area contributed by atoms with Crippen molar-refractivity contribution in [2.45, 2.75) is 26.8 Å². The molecule has 0 aliphatic carbocycles. The Morgan fingerprint density at radius 2 is 2.14 bits per heavy atom. The first-order valence-corrected chi connectivity index (χ1v) is 8.64. The highest BCUT2D eigenvalue weighted by atomic mass is 32.2. The minimum absolute atomic E-state index is 0.231. The molecule has 0 spiro atoms. The molecule has 1 heterocycles. The number of ether oxygens (including phenoxy) is 1. The number of oxazole rings is 1. The number of rotatable bonds is 7. The van der Waals surface area contributed by atoms with Gasteiger partial charge in [0.25, 0.3) is 5.52 Å². The summed E-state index contributed by atoms with van der Waals surface area (Å²) in [6, 6.07) is 7.46. The number of benzene rings is 1. The van der Waals surface area contributed by atoms with Gasteiger partial charge >= 0.3 is 5.89 Å². The van der Waals surface area contributed by atoms with Gasteiger partial charge in [-0.1, -0.05) is 12.1 Å². The van der Waals surface area contributed by atoms with Gasteiger partial charge in [-0.2, -0.15) is 4.57 Å². The van der Waals surface area contributed by atoms with E-state index in [-0.39, 0.29) is 6.42 Å². The molecule has 1 aromatic carbocycles. The smallest absolute Gasteiger partial charge is 0.377 e. The third-order valence-electron chi connectivity index (χ3n) is 3.11. The van der Waals surface area contributed by atoms with Crippen LogP contribution in [0.3, 0.4) is 0 Å². The van der Waals surface area contributed by atoms with Crippen LogP contribution in [0.2, 0.25) is 0 Å². The van der Waals surface area contributed by atoms with E-state index >= 15 is 0 Å². The zero-order valence-electron chi connectivity index (χ0n) is 12.6. The van der Waals surface area contributed by atoms with E-state index in [0.29, 0.717) is 30.4 Å². The van der Waals surface area contributed by atoms with Crippen LogP contribution in [0.5, 0.6) is 0 Å². The summed E-state index contributed by atoms with van der Waals surface area (Å²) in [5, 5.41) is 0. The van der Waals surface area contributed by atoms with Crippen molar-refractivity contribution in [2.75, 3.05) is 12.4 Å². The number of aromatic nitrogens is 1. The lowest BCUT2D eigenvalue weighted by Gasteiger charge is -2.04. The van der Waals surface area contributed by atoms with Crippen LogP contribution in [0.15, 0.2) is 34.4 Å². The lowest BCUT2D eigenvalue weighted by Crippen LogP contribution is -2.36. The van der Waals surface area contributed by atoms with Crippen molar-refractivity contribution in [3.05, 3.63) is 35.9 Å². The normalized spacial score (nSPS) is 12.8. The van der Waals surface area contributed by atoms with Crippen molar-refractivity contribution < 1.29 is 26.7 Å². The molecule has 0 aliphatic heterocycles.